The summed E-state index contributed by atoms with van der Waals surface area (Å²) in [6.45, 7) is 0. The Bertz CT molecular complexity index is 366. The minimum atomic E-state index is -1.07. The molecule has 0 radical (unpaired) electrons. The van der Waals surface area contributed by atoms with Crippen molar-refractivity contribution < 1.29 is 14.1 Å². The molecule has 0 spiro atoms. The van der Waals surface area contributed by atoms with Crippen LogP contribution in [0.15, 0.2) is 23.1 Å². The minimum absolute atomic E-state index is 0.0553. The number of carbonyl (C=O) groups is 1. The molecule has 1 aromatic rings. The van der Waals surface area contributed by atoms with Crippen LogP contribution in [0.2, 0.25) is 0 Å². The zero-order chi connectivity index (χ0) is 11.4. The van der Waals surface area contributed by atoms with Gasteiger partial charge < -0.3 is 9.29 Å². The molecule has 0 saturated carbocycles. The summed E-state index contributed by atoms with van der Waals surface area (Å²) in [5.41, 5.74) is 0.503. The summed E-state index contributed by atoms with van der Waals surface area (Å²) in [5, 5.41) is 0.248. The Labute approximate surface area is 100 Å². The molecular formula is C10H11BrO3S. The van der Waals surface area contributed by atoms with Crippen molar-refractivity contribution >= 4 is 32.9 Å². The highest BCUT2D eigenvalue weighted by molar-refractivity contribution is 9.09. The molecule has 82 valence electrons. The zero-order valence-corrected chi connectivity index (χ0v) is 10.9. The van der Waals surface area contributed by atoms with Gasteiger partial charge in [-0.1, -0.05) is 15.9 Å². The highest BCUT2D eigenvalue weighted by atomic mass is 79.9. The molecule has 1 atom stereocenters. The summed E-state index contributed by atoms with van der Waals surface area (Å²) in [5.74, 6) is 0.410. The van der Waals surface area contributed by atoms with Gasteiger partial charge in [-0.15, -0.1) is 0 Å². The fourth-order valence-corrected chi connectivity index (χ4v) is 1.99. The Hall–Kier alpha value is -0.520. The zero-order valence-electron chi connectivity index (χ0n) is 8.45. The van der Waals surface area contributed by atoms with E-state index in [0.717, 1.165) is 0 Å². The van der Waals surface area contributed by atoms with Crippen LogP contribution in [0, 0.1) is 0 Å². The van der Waals surface area contributed by atoms with E-state index in [9.17, 15) is 9.35 Å². The van der Waals surface area contributed by atoms with Crippen molar-refractivity contribution in [1.82, 2.24) is 0 Å². The summed E-state index contributed by atoms with van der Waals surface area (Å²) < 4.78 is 16.3. The maximum Gasteiger partial charge on any atom is 0.177 e. The van der Waals surface area contributed by atoms with Gasteiger partial charge in [-0.05, 0) is 23.3 Å². The highest BCUT2D eigenvalue weighted by Gasteiger charge is 2.14. The number of carbonyl (C=O) groups excluding carboxylic acids is 1. The number of hydrogen-bond donors (Lipinski definition) is 0. The average Bonchev–Trinajstić information content (AvgIpc) is 2.27. The summed E-state index contributed by atoms with van der Waals surface area (Å²) in [6.07, 6.45) is 1.58. The molecule has 0 amide bonds. The van der Waals surface area contributed by atoms with Crippen LogP contribution in [-0.4, -0.2) is 29.0 Å². The third-order valence-corrected chi connectivity index (χ3v) is 3.35. The van der Waals surface area contributed by atoms with E-state index >= 15 is 0 Å². The topological polar surface area (TPSA) is 49.4 Å². The predicted molar refractivity (Wildman–Crippen MR) is 63.5 cm³/mol. The van der Waals surface area contributed by atoms with E-state index < -0.39 is 11.2 Å². The molecule has 1 aromatic carbocycles. The number of ketones is 1. The van der Waals surface area contributed by atoms with Gasteiger partial charge in [0.2, 0.25) is 0 Å². The van der Waals surface area contributed by atoms with Crippen molar-refractivity contribution in [3.05, 3.63) is 23.8 Å². The number of alkyl halides is 1. The first-order chi connectivity index (χ1) is 7.10. The monoisotopic (exact) mass is 290 g/mol. The molecule has 0 aliphatic carbocycles. The number of halogens is 1. The van der Waals surface area contributed by atoms with Crippen molar-refractivity contribution in [3.63, 3.8) is 0 Å². The maximum atomic E-state index is 11.5. The van der Waals surface area contributed by atoms with Gasteiger partial charge in [0, 0.05) is 6.07 Å². The first-order valence-corrected chi connectivity index (χ1v) is 6.88. The van der Waals surface area contributed by atoms with Gasteiger partial charge in [-0.25, -0.2) is 0 Å². The molecule has 0 fully saturated rings. The van der Waals surface area contributed by atoms with Gasteiger partial charge >= 0.3 is 0 Å². The molecule has 1 unspecified atom stereocenters. The van der Waals surface area contributed by atoms with Gasteiger partial charge in [-0.2, -0.15) is 0 Å². The largest absolute Gasteiger partial charge is 0.612 e. The van der Waals surface area contributed by atoms with Crippen LogP contribution in [0.25, 0.3) is 0 Å². The van der Waals surface area contributed by atoms with Crippen molar-refractivity contribution in [2.45, 2.75) is 4.90 Å². The number of methoxy groups -OCH3 is 1. The normalized spacial score (nSPS) is 12.3. The van der Waals surface area contributed by atoms with Crippen molar-refractivity contribution in [2.24, 2.45) is 0 Å². The van der Waals surface area contributed by atoms with Gasteiger partial charge in [0.1, 0.15) is 12.0 Å². The Balaban J connectivity index is 3.15. The molecule has 3 nitrogen and oxygen atoms in total. The molecule has 0 bridgehead atoms. The molecule has 15 heavy (non-hydrogen) atoms. The number of ether oxygens (including phenoxy) is 1. The highest BCUT2D eigenvalue weighted by Crippen LogP contribution is 2.23. The summed E-state index contributed by atoms with van der Waals surface area (Å²) in [4.78, 5) is 12.1. The van der Waals surface area contributed by atoms with Gasteiger partial charge in [0.05, 0.1) is 18.0 Å². The molecule has 0 aromatic heterocycles. The second kappa shape index (κ2) is 5.53. The number of Topliss-reactive ketones (excluding diaryl/α,β-unsaturated/α-hetero) is 1. The minimum Gasteiger partial charge on any atom is -0.612 e. The summed E-state index contributed by atoms with van der Waals surface area (Å²) >= 11 is 2.03. The Morgan fingerprint density at radius 1 is 1.60 bits per heavy atom. The van der Waals surface area contributed by atoms with Gasteiger partial charge in [0.25, 0.3) is 0 Å². The Morgan fingerprint density at radius 2 is 2.27 bits per heavy atom. The lowest BCUT2D eigenvalue weighted by Crippen LogP contribution is -2.05. The molecule has 0 N–H and O–H groups in total. The molecule has 0 aliphatic heterocycles. The molecule has 1 rings (SSSR count). The van der Waals surface area contributed by atoms with E-state index in [2.05, 4.69) is 15.9 Å². The standard InChI is InChI=1S/C10H11BrO3S/c1-14-10-5-7(15(2)13)3-4-8(10)9(12)6-11/h3-5H,6H2,1-2H3. The van der Waals surface area contributed by atoms with Crippen molar-refractivity contribution in [1.29, 1.82) is 0 Å². The van der Waals surface area contributed by atoms with E-state index in [4.69, 9.17) is 4.74 Å². The van der Waals surface area contributed by atoms with Gasteiger partial charge in [-0.3, -0.25) is 4.79 Å². The summed E-state index contributed by atoms with van der Waals surface area (Å²) in [7, 11) is 1.49. The van der Waals surface area contributed by atoms with Crippen LogP contribution in [0.5, 0.6) is 5.75 Å². The SMILES string of the molecule is COc1cc([S+](C)[O-])ccc1C(=O)CBr. The molecular weight excluding hydrogens is 280 g/mol. The van der Waals surface area contributed by atoms with Crippen LogP contribution in [-0.2, 0) is 11.2 Å². The van der Waals surface area contributed by atoms with Crippen molar-refractivity contribution in [3.8, 4) is 5.75 Å². The van der Waals surface area contributed by atoms with E-state index in [1.807, 2.05) is 0 Å². The summed E-state index contributed by atoms with van der Waals surface area (Å²) in [6, 6.07) is 4.94. The van der Waals surface area contributed by atoms with Crippen LogP contribution in [0.4, 0.5) is 0 Å². The van der Waals surface area contributed by atoms with E-state index in [1.165, 1.54) is 7.11 Å². The van der Waals surface area contributed by atoms with E-state index in [0.29, 0.717) is 16.2 Å². The molecule has 0 saturated heterocycles. The third-order valence-electron chi connectivity index (χ3n) is 1.93. The van der Waals surface area contributed by atoms with Crippen LogP contribution in [0.1, 0.15) is 10.4 Å². The fraction of sp³-hybridized carbons (Fsp3) is 0.300. The lowest BCUT2D eigenvalue weighted by molar-refractivity contribution is 0.102. The first kappa shape index (κ1) is 12.5. The lowest BCUT2D eigenvalue weighted by atomic mass is 10.1. The third kappa shape index (κ3) is 2.96. The van der Waals surface area contributed by atoms with Crippen LogP contribution >= 0.6 is 15.9 Å². The van der Waals surface area contributed by atoms with E-state index in [1.54, 1.807) is 24.5 Å². The quantitative estimate of drug-likeness (QED) is 0.484. The number of hydrogen-bond acceptors (Lipinski definition) is 3. The predicted octanol–water partition coefficient (Wildman–Crippen LogP) is 2.01. The second-order valence-corrected chi connectivity index (χ2v) is 4.81. The smallest absolute Gasteiger partial charge is 0.177 e. The maximum absolute atomic E-state index is 11.5. The Morgan fingerprint density at radius 3 is 2.73 bits per heavy atom. The van der Waals surface area contributed by atoms with Crippen molar-refractivity contribution in [2.75, 3.05) is 18.7 Å². The Kier molecular flexibility index (Phi) is 4.63. The molecule has 0 heterocycles. The first-order valence-electron chi connectivity index (χ1n) is 4.20. The average molecular weight is 291 g/mol. The van der Waals surface area contributed by atoms with Gasteiger partial charge in [0.15, 0.2) is 10.7 Å². The van der Waals surface area contributed by atoms with Crippen LogP contribution < -0.4 is 4.74 Å². The fourth-order valence-electron chi connectivity index (χ4n) is 1.15. The van der Waals surface area contributed by atoms with Crippen LogP contribution in [0.3, 0.4) is 0 Å². The molecule has 5 heteroatoms. The number of benzene rings is 1. The van der Waals surface area contributed by atoms with E-state index in [-0.39, 0.29) is 11.1 Å². The lowest BCUT2D eigenvalue weighted by Gasteiger charge is -2.09. The molecule has 0 aliphatic rings. The second-order valence-electron chi connectivity index (χ2n) is 2.87. The number of rotatable bonds is 4.